The Morgan fingerprint density at radius 2 is 2.21 bits per heavy atom. The van der Waals surface area contributed by atoms with E-state index in [0.29, 0.717) is 32.5 Å². The van der Waals surface area contributed by atoms with E-state index in [9.17, 15) is 9.59 Å². The Kier molecular flexibility index (Phi) is 8.57. The summed E-state index contributed by atoms with van der Waals surface area (Å²) in [5.74, 6) is -0.145. The van der Waals surface area contributed by atoms with Crippen molar-refractivity contribution in [2.24, 2.45) is 0 Å². The molecule has 1 aromatic carbocycles. The van der Waals surface area contributed by atoms with Gasteiger partial charge in [0, 0.05) is 6.54 Å². The van der Waals surface area contributed by atoms with Crippen molar-refractivity contribution in [3.05, 3.63) is 29.8 Å². The van der Waals surface area contributed by atoms with E-state index in [0.717, 1.165) is 17.7 Å². The van der Waals surface area contributed by atoms with Crippen molar-refractivity contribution in [1.29, 1.82) is 0 Å². The van der Waals surface area contributed by atoms with Gasteiger partial charge in [0.2, 0.25) is 5.91 Å². The number of likely N-dealkylation sites (tertiary alicyclic amines) is 1. The lowest BCUT2D eigenvalue weighted by molar-refractivity contribution is -0.142. The first-order chi connectivity index (χ1) is 11.1. The summed E-state index contributed by atoms with van der Waals surface area (Å²) >= 11 is 0. The smallest absolute Gasteiger partial charge is 0.320 e. The summed E-state index contributed by atoms with van der Waals surface area (Å²) in [6.07, 6.45) is 2.16. The topological polar surface area (TPSA) is 78.9 Å². The Morgan fingerprint density at radius 3 is 2.92 bits per heavy atom. The maximum atomic E-state index is 11.9. The third-order valence-corrected chi connectivity index (χ3v) is 3.90. The third kappa shape index (κ3) is 6.37. The highest BCUT2D eigenvalue weighted by atomic mass is 35.5. The number of amides is 1. The van der Waals surface area contributed by atoms with Gasteiger partial charge in [-0.05, 0) is 50.4 Å². The van der Waals surface area contributed by atoms with Gasteiger partial charge in [-0.2, -0.15) is 0 Å². The van der Waals surface area contributed by atoms with Crippen molar-refractivity contribution in [1.82, 2.24) is 10.2 Å². The molecule has 1 saturated heterocycles. The van der Waals surface area contributed by atoms with Gasteiger partial charge in [0.15, 0.2) is 0 Å². The highest BCUT2D eigenvalue weighted by Gasteiger charge is 2.31. The molecule has 1 aliphatic heterocycles. The molecule has 0 bridgehead atoms. The Morgan fingerprint density at radius 1 is 1.42 bits per heavy atom. The van der Waals surface area contributed by atoms with Gasteiger partial charge in [-0.3, -0.25) is 14.5 Å². The first-order valence-corrected chi connectivity index (χ1v) is 7.99. The van der Waals surface area contributed by atoms with Crippen molar-refractivity contribution in [2.75, 3.05) is 26.2 Å². The number of halogens is 1. The number of rotatable bonds is 8. The molecule has 24 heavy (non-hydrogen) atoms. The van der Waals surface area contributed by atoms with E-state index in [-0.39, 0.29) is 24.9 Å². The zero-order chi connectivity index (χ0) is 16.7. The minimum absolute atomic E-state index is 0. The number of hydrogen-bond donors (Lipinski definition) is 2. The number of carbonyl (C=O) groups excluding carboxylic acids is 1. The summed E-state index contributed by atoms with van der Waals surface area (Å²) in [4.78, 5) is 24.6. The molecule has 7 heteroatoms. The fourth-order valence-corrected chi connectivity index (χ4v) is 2.73. The lowest BCUT2D eigenvalue weighted by Gasteiger charge is -2.20. The van der Waals surface area contributed by atoms with E-state index >= 15 is 0 Å². The van der Waals surface area contributed by atoms with Crippen molar-refractivity contribution >= 4 is 24.3 Å². The number of nitrogens with zero attached hydrogens (tertiary/aromatic N) is 1. The summed E-state index contributed by atoms with van der Waals surface area (Å²) in [5, 5.41) is 11.9. The predicted molar refractivity (Wildman–Crippen MR) is 93.8 cm³/mol. The van der Waals surface area contributed by atoms with Gasteiger partial charge >= 0.3 is 5.97 Å². The van der Waals surface area contributed by atoms with Gasteiger partial charge in [0.1, 0.15) is 11.8 Å². The molecule has 0 spiro atoms. The second kappa shape index (κ2) is 10.2. The van der Waals surface area contributed by atoms with Crippen LogP contribution in [0.1, 0.15) is 24.8 Å². The van der Waals surface area contributed by atoms with Crippen LogP contribution in [0.4, 0.5) is 0 Å². The highest BCUT2D eigenvalue weighted by molar-refractivity contribution is 5.85. The maximum absolute atomic E-state index is 11.9. The SMILES string of the molecule is Cc1cccc(OCCCNC(=O)CN2CCCC2C(=O)O)c1.Cl. The van der Waals surface area contributed by atoms with Crippen LogP contribution in [0.5, 0.6) is 5.75 Å². The molecule has 2 N–H and O–H groups in total. The van der Waals surface area contributed by atoms with Gasteiger partial charge in [-0.1, -0.05) is 12.1 Å². The molecule has 1 heterocycles. The minimum Gasteiger partial charge on any atom is -0.494 e. The maximum Gasteiger partial charge on any atom is 0.320 e. The van der Waals surface area contributed by atoms with Crippen LogP contribution in [0.3, 0.4) is 0 Å². The molecule has 0 saturated carbocycles. The third-order valence-electron chi connectivity index (χ3n) is 3.90. The van der Waals surface area contributed by atoms with Crippen molar-refractivity contribution in [3.8, 4) is 5.75 Å². The van der Waals surface area contributed by atoms with E-state index in [4.69, 9.17) is 9.84 Å². The number of carbonyl (C=O) groups is 2. The van der Waals surface area contributed by atoms with Gasteiger partial charge < -0.3 is 15.2 Å². The zero-order valence-corrected chi connectivity index (χ0v) is 14.7. The van der Waals surface area contributed by atoms with Gasteiger partial charge in [0.25, 0.3) is 0 Å². The normalized spacial score (nSPS) is 17.1. The molecular formula is C17H25ClN2O4. The predicted octanol–water partition coefficient (Wildman–Crippen LogP) is 1.85. The van der Waals surface area contributed by atoms with Gasteiger partial charge in [0.05, 0.1) is 13.2 Å². The summed E-state index contributed by atoms with van der Waals surface area (Å²) < 4.78 is 5.61. The average Bonchev–Trinajstić information content (AvgIpc) is 2.95. The Bertz CT molecular complexity index is 553. The largest absolute Gasteiger partial charge is 0.494 e. The molecule has 1 amide bonds. The molecule has 1 fully saturated rings. The van der Waals surface area contributed by atoms with Crippen LogP contribution in [-0.4, -0.2) is 54.2 Å². The molecule has 2 rings (SSSR count). The standard InChI is InChI=1S/C17H24N2O4.ClH/c1-13-5-2-6-14(11-13)23-10-4-8-18-16(20)12-19-9-3-7-15(19)17(21)22;/h2,5-6,11,15H,3-4,7-10,12H2,1H3,(H,18,20)(H,21,22);1H. The van der Waals surface area contributed by atoms with Crippen LogP contribution >= 0.6 is 12.4 Å². The number of benzene rings is 1. The Balaban J connectivity index is 0.00000288. The molecule has 1 aromatic rings. The lowest BCUT2D eigenvalue weighted by atomic mass is 10.2. The number of aryl methyl sites for hydroxylation is 1. The number of aliphatic carboxylic acids is 1. The molecule has 134 valence electrons. The number of carboxylic acid groups (broad SMARTS) is 1. The number of nitrogens with one attached hydrogen (secondary N) is 1. The zero-order valence-electron chi connectivity index (χ0n) is 13.9. The average molecular weight is 357 g/mol. The molecular weight excluding hydrogens is 332 g/mol. The number of ether oxygens (including phenoxy) is 1. The van der Waals surface area contributed by atoms with E-state index < -0.39 is 12.0 Å². The van der Waals surface area contributed by atoms with Gasteiger partial charge in [-0.15, -0.1) is 12.4 Å². The molecule has 0 aliphatic carbocycles. The molecule has 1 aliphatic rings. The monoisotopic (exact) mass is 356 g/mol. The summed E-state index contributed by atoms with van der Waals surface area (Å²) in [7, 11) is 0. The Labute approximate surface area is 148 Å². The number of carboxylic acids is 1. The fourth-order valence-electron chi connectivity index (χ4n) is 2.73. The van der Waals surface area contributed by atoms with Crippen LogP contribution in [-0.2, 0) is 9.59 Å². The summed E-state index contributed by atoms with van der Waals surface area (Å²) in [5.41, 5.74) is 1.15. The van der Waals surface area contributed by atoms with Crippen LogP contribution in [0.15, 0.2) is 24.3 Å². The van der Waals surface area contributed by atoms with E-state index in [1.165, 1.54) is 0 Å². The van der Waals surface area contributed by atoms with Gasteiger partial charge in [-0.25, -0.2) is 0 Å². The highest BCUT2D eigenvalue weighted by Crippen LogP contribution is 2.16. The number of hydrogen-bond acceptors (Lipinski definition) is 4. The van der Waals surface area contributed by atoms with E-state index in [1.54, 1.807) is 4.90 Å². The second-order valence-corrected chi connectivity index (χ2v) is 5.84. The van der Waals surface area contributed by atoms with Crippen molar-refractivity contribution in [3.63, 3.8) is 0 Å². The Hall–Kier alpha value is -1.79. The first-order valence-electron chi connectivity index (χ1n) is 7.99. The lowest BCUT2D eigenvalue weighted by Crippen LogP contribution is -2.43. The van der Waals surface area contributed by atoms with Crippen molar-refractivity contribution < 1.29 is 19.4 Å². The quantitative estimate of drug-likeness (QED) is 0.695. The fraction of sp³-hybridized carbons (Fsp3) is 0.529. The minimum atomic E-state index is -0.846. The molecule has 1 atom stereocenters. The van der Waals surface area contributed by atoms with E-state index in [2.05, 4.69) is 5.32 Å². The van der Waals surface area contributed by atoms with E-state index in [1.807, 2.05) is 31.2 Å². The first kappa shape index (κ1) is 20.3. The van der Waals surface area contributed by atoms with Crippen LogP contribution in [0.2, 0.25) is 0 Å². The van der Waals surface area contributed by atoms with Crippen molar-refractivity contribution in [2.45, 2.75) is 32.2 Å². The van der Waals surface area contributed by atoms with Crippen LogP contribution < -0.4 is 10.1 Å². The van der Waals surface area contributed by atoms with Crippen LogP contribution in [0, 0.1) is 6.92 Å². The molecule has 0 aromatic heterocycles. The summed E-state index contributed by atoms with van der Waals surface area (Å²) in [6.45, 7) is 3.88. The molecule has 1 unspecified atom stereocenters. The summed E-state index contributed by atoms with van der Waals surface area (Å²) in [6, 6.07) is 7.31. The second-order valence-electron chi connectivity index (χ2n) is 5.84. The molecule has 6 nitrogen and oxygen atoms in total. The molecule has 0 radical (unpaired) electrons. The van der Waals surface area contributed by atoms with Crippen LogP contribution in [0.25, 0.3) is 0 Å².